The minimum absolute atomic E-state index is 0.144. The first-order valence-corrected chi connectivity index (χ1v) is 7.33. The Balaban J connectivity index is 2.15. The molecule has 4 N–H and O–H groups in total. The minimum atomic E-state index is -0.155. The summed E-state index contributed by atoms with van der Waals surface area (Å²) in [5.74, 6) is -0.0110. The van der Waals surface area contributed by atoms with E-state index in [0.717, 1.165) is 5.56 Å². The molecule has 1 aromatic carbocycles. The normalized spacial score (nSPS) is 10.5. The number of fused-ring (bicyclic) bond motifs is 1. The summed E-state index contributed by atoms with van der Waals surface area (Å²) in [7, 11) is 0. The fourth-order valence-electron chi connectivity index (χ4n) is 2.15. The molecular formula is C16H12N4OS. The van der Waals surface area contributed by atoms with Crippen LogP contribution in [-0.4, -0.2) is 10.8 Å². The van der Waals surface area contributed by atoms with Gasteiger partial charge in [-0.1, -0.05) is 29.8 Å². The van der Waals surface area contributed by atoms with E-state index in [1.54, 1.807) is 18.2 Å². The van der Waals surface area contributed by atoms with Crippen LogP contribution in [0.5, 0.6) is 0 Å². The van der Waals surface area contributed by atoms with Crippen molar-refractivity contribution >= 4 is 38.8 Å². The molecule has 0 radical (unpaired) electrons. The number of anilines is 2. The van der Waals surface area contributed by atoms with Gasteiger partial charge in [0.2, 0.25) is 5.78 Å². The Labute approximate surface area is 130 Å². The average Bonchev–Trinajstić information content (AvgIpc) is 2.82. The van der Waals surface area contributed by atoms with Gasteiger partial charge < -0.3 is 11.5 Å². The Hall–Kier alpha value is -2.91. The molecule has 0 aliphatic carbocycles. The van der Waals surface area contributed by atoms with Crippen molar-refractivity contribution < 1.29 is 4.79 Å². The third-order valence-corrected chi connectivity index (χ3v) is 4.50. The molecule has 108 valence electrons. The molecule has 2 aromatic heterocycles. The quantitative estimate of drug-likeness (QED) is 0.708. The molecule has 5 nitrogen and oxygen atoms in total. The number of hydrogen-bond acceptors (Lipinski definition) is 6. The van der Waals surface area contributed by atoms with Crippen LogP contribution in [0.15, 0.2) is 30.3 Å². The fourth-order valence-corrected chi connectivity index (χ4v) is 3.20. The lowest BCUT2D eigenvalue weighted by atomic mass is 10.1. The van der Waals surface area contributed by atoms with Gasteiger partial charge in [-0.2, -0.15) is 5.26 Å². The van der Waals surface area contributed by atoms with Gasteiger partial charge in [-0.3, -0.25) is 4.79 Å². The van der Waals surface area contributed by atoms with Crippen molar-refractivity contribution in [1.29, 1.82) is 5.26 Å². The largest absolute Gasteiger partial charge is 0.397 e. The molecule has 0 unspecified atom stereocenters. The summed E-state index contributed by atoms with van der Waals surface area (Å²) in [4.78, 5) is 17.7. The van der Waals surface area contributed by atoms with Crippen LogP contribution in [0, 0.1) is 18.3 Å². The van der Waals surface area contributed by atoms with Crippen molar-refractivity contribution in [2.45, 2.75) is 6.92 Å². The Morgan fingerprint density at radius 2 is 1.95 bits per heavy atom. The van der Waals surface area contributed by atoms with E-state index in [1.165, 1.54) is 11.3 Å². The number of benzene rings is 1. The molecule has 0 spiro atoms. The topological polar surface area (TPSA) is 106 Å². The van der Waals surface area contributed by atoms with Crippen LogP contribution >= 0.6 is 11.3 Å². The standard InChI is InChI=1S/C16H12N4OS/c1-8-2-4-9(5-3-8)13(21)14-12(18)11-6-10(7-17)15(19)20-16(11)22-14/h2-6H,18H2,1H3,(H2,19,20). The van der Waals surface area contributed by atoms with Gasteiger partial charge in [0.05, 0.1) is 11.3 Å². The Morgan fingerprint density at radius 1 is 1.27 bits per heavy atom. The van der Waals surface area contributed by atoms with E-state index in [-0.39, 0.29) is 17.2 Å². The maximum Gasteiger partial charge on any atom is 0.205 e. The van der Waals surface area contributed by atoms with E-state index < -0.39 is 0 Å². The smallest absolute Gasteiger partial charge is 0.205 e. The van der Waals surface area contributed by atoms with Gasteiger partial charge in [0.15, 0.2) is 0 Å². The van der Waals surface area contributed by atoms with Gasteiger partial charge >= 0.3 is 0 Å². The number of carbonyl (C=O) groups is 1. The summed E-state index contributed by atoms with van der Waals surface area (Å²) in [6.07, 6.45) is 0. The van der Waals surface area contributed by atoms with Crippen molar-refractivity contribution in [3.8, 4) is 6.07 Å². The summed E-state index contributed by atoms with van der Waals surface area (Å²) in [5.41, 5.74) is 14.0. The predicted octanol–water partition coefficient (Wildman–Crippen LogP) is 2.87. The Bertz CT molecular complexity index is 935. The number of nitrogens with two attached hydrogens (primary N) is 2. The van der Waals surface area contributed by atoms with Crippen LogP contribution in [0.1, 0.15) is 26.4 Å². The zero-order valence-electron chi connectivity index (χ0n) is 11.8. The number of aryl methyl sites for hydroxylation is 1. The second-order valence-corrected chi connectivity index (χ2v) is 5.92. The van der Waals surface area contributed by atoms with E-state index in [2.05, 4.69) is 4.98 Å². The molecule has 0 saturated carbocycles. The molecule has 0 aliphatic rings. The Kier molecular flexibility index (Phi) is 3.28. The van der Waals surface area contributed by atoms with Crippen LogP contribution in [-0.2, 0) is 0 Å². The Morgan fingerprint density at radius 3 is 2.59 bits per heavy atom. The highest BCUT2D eigenvalue weighted by atomic mass is 32.1. The van der Waals surface area contributed by atoms with E-state index in [9.17, 15) is 4.79 Å². The first kappa shape index (κ1) is 14.0. The highest BCUT2D eigenvalue weighted by molar-refractivity contribution is 7.21. The van der Waals surface area contributed by atoms with E-state index >= 15 is 0 Å². The minimum Gasteiger partial charge on any atom is -0.397 e. The molecule has 0 amide bonds. The van der Waals surface area contributed by atoms with E-state index in [1.807, 2.05) is 25.1 Å². The summed E-state index contributed by atoms with van der Waals surface area (Å²) in [5, 5.41) is 9.60. The number of nitrogen functional groups attached to an aromatic ring is 2. The van der Waals surface area contributed by atoms with Crippen LogP contribution < -0.4 is 11.5 Å². The molecule has 0 saturated heterocycles. The zero-order chi connectivity index (χ0) is 15.9. The number of aromatic nitrogens is 1. The van der Waals surface area contributed by atoms with Crippen LogP contribution in [0.3, 0.4) is 0 Å². The molecule has 0 fully saturated rings. The first-order valence-electron chi connectivity index (χ1n) is 6.51. The van der Waals surface area contributed by atoms with E-state index in [0.29, 0.717) is 26.3 Å². The first-order chi connectivity index (χ1) is 10.5. The van der Waals surface area contributed by atoms with E-state index in [4.69, 9.17) is 16.7 Å². The average molecular weight is 308 g/mol. The molecular weight excluding hydrogens is 296 g/mol. The van der Waals surface area contributed by atoms with Gasteiger partial charge in [0.1, 0.15) is 21.6 Å². The zero-order valence-corrected chi connectivity index (χ0v) is 12.6. The summed E-state index contributed by atoms with van der Waals surface area (Å²) in [6, 6.07) is 10.8. The third-order valence-electron chi connectivity index (χ3n) is 3.39. The maximum atomic E-state index is 12.6. The van der Waals surface area contributed by atoms with Crippen molar-refractivity contribution in [3.63, 3.8) is 0 Å². The second-order valence-electron chi connectivity index (χ2n) is 4.93. The monoisotopic (exact) mass is 308 g/mol. The molecule has 6 heteroatoms. The molecule has 0 atom stereocenters. The summed E-state index contributed by atoms with van der Waals surface area (Å²) < 4.78 is 0. The number of thiophene rings is 1. The lowest BCUT2D eigenvalue weighted by molar-refractivity contribution is 0.104. The summed E-state index contributed by atoms with van der Waals surface area (Å²) >= 11 is 1.19. The van der Waals surface area contributed by atoms with Gasteiger partial charge in [-0.25, -0.2) is 4.98 Å². The highest BCUT2D eigenvalue weighted by Gasteiger charge is 2.19. The number of nitrogens with zero attached hydrogens (tertiary/aromatic N) is 2. The number of ketones is 1. The van der Waals surface area contributed by atoms with Crippen LogP contribution in [0.25, 0.3) is 10.2 Å². The third kappa shape index (κ3) is 2.18. The van der Waals surface area contributed by atoms with Gasteiger partial charge in [0, 0.05) is 10.9 Å². The fraction of sp³-hybridized carbons (Fsp3) is 0.0625. The van der Waals surface area contributed by atoms with Gasteiger partial charge in [-0.05, 0) is 13.0 Å². The van der Waals surface area contributed by atoms with Crippen molar-refractivity contribution in [2.24, 2.45) is 0 Å². The lowest BCUT2D eigenvalue weighted by Gasteiger charge is -2.00. The van der Waals surface area contributed by atoms with Crippen LogP contribution in [0.2, 0.25) is 0 Å². The predicted molar refractivity (Wildman–Crippen MR) is 87.8 cm³/mol. The number of nitriles is 1. The number of pyridine rings is 1. The molecule has 2 heterocycles. The highest BCUT2D eigenvalue weighted by Crippen LogP contribution is 2.35. The number of rotatable bonds is 2. The number of carbonyl (C=O) groups excluding carboxylic acids is 1. The SMILES string of the molecule is Cc1ccc(C(=O)c2sc3nc(N)c(C#N)cc3c2N)cc1. The van der Waals surface area contributed by atoms with Crippen molar-refractivity contribution in [3.05, 3.63) is 51.9 Å². The van der Waals surface area contributed by atoms with Crippen molar-refractivity contribution in [1.82, 2.24) is 4.98 Å². The van der Waals surface area contributed by atoms with Gasteiger partial charge in [0.25, 0.3) is 0 Å². The molecule has 3 aromatic rings. The number of hydrogen-bond donors (Lipinski definition) is 2. The molecule has 0 bridgehead atoms. The van der Waals surface area contributed by atoms with Crippen molar-refractivity contribution in [2.75, 3.05) is 11.5 Å². The summed E-state index contributed by atoms with van der Waals surface area (Å²) in [6.45, 7) is 1.96. The molecule has 22 heavy (non-hydrogen) atoms. The maximum absolute atomic E-state index is 12.6. The molecule has 0 aliphatic heterocycles. The van der Waals surface area contributed by atoms with Gasteiger partial charge in [-0.15, -0.1) is 11.3 Å². The lowest BCUT2D eigenvalue weighted by Crippen LogP contribution is -2.02. The molecule has 3 rings (SSSR count). The second kappa shape index (κ2) is 5.13. The van der Waals surface area contributed by atoms with Crippen LogP contribution in [0.4, 0.5) is 11.5 Å².